The van der Waals surface area contributed by atoms with Crippen LogP contribution in [0.25, 0.3) is 0 Å². The first-order chi connectivity index (χ1) is 10.7. The van der Waals surface area contributed by atoms with E-state index in [1.54, 1.807) is 0 Å². The summed E-state index contributed by atoms with van der Waals surface area (Å²) in [4.78, 5) is 0. The molecule has 1 fully saturated rings. The fourth-order valence-corrected chi connectivity index (χ4v) is 13.4. The molecule has 0 amide bonds. The Labute approximate surface area is 146 Å². The summed E-state index contributed by atoms with van der Waals surface area (Å²) in [5.41, 5.74) is 0. The molecule has 0 saturated carbocycles. The Kier molecular flexibility index (Phi) is 5.73. The van der Waals surface area contributed by atoms with E-state index in [1.165, 1.54) is 17.0 Å². The van der Waals surface area contributed by atoms with Gasteiger partial charge >= 0.3 is 0 Å². The van der Waals surface area contributed by atoms with E-state index >= 15 is 0 Å². The molecule has 0 aromatic heterocycles. The van der Waals surface area contributed by atoms with Crippen LogP contribution in [0.2, 0.25) is 0 Å². The number of rotatable bonds is 3. The quantitative estimate of drug-likeness (QED) is 0.741. The Morgan fingerprint density at radius 2 is 1.45 bits per heavy atom. The average molecular weight is 365 g/mol. The van der Waals surface area contributed by atoms with Crippen molar-refractivity contribution in [1.29, 1.82) is 0 Å². The molecule has 1 unspecified atom stereocenters. The molecule has 1 heterocycles. The summed E-state index contributed by atoms with van der Waals surface area (Å²) in [6, 6.07) is 22.0. The van der Waals surface area contributed by atoms with Crippen molar-refractivity contribution in [2.24, 2.45) is 0 Å². The summed E-state index contributed by atoms with van der Waals surface area (Å²) >= 11 is 8.12. The lowest BCUT2D eigenvalue weighted by Crippen LogP contribution is -2.33. The molecule has 1 saturated heterocycles. The van der Waals surface area contributed by atoms with Crippen molar-refractivity contribution in [3.05, 3.63) is 60.7 Å². The molecule has 2 aromatic rings. The molecule has 0 nitrogen and oxygen atoms in total. The van der Waals surface area contributed by atoms with Gasteiger partial charge in [-0.15, -0.1) is 21.2 Å². The molecule has 0 aliphatic carbocycles. The smallest absolute Gasteiger partial charge is 0.0829 e. The van der Waals surface area contributed by atoms with Gasteiger partial charge in [0, 0.05) is 10.5 Å². The Balaban J connectivity index is 2.04. The molecule has 1 aliphatic heterocycles. The minimum Gasteiger partial charge on any atom is -0.139 e. The van der Waals surface area contributed by atoms with Crippen LogP contribution < -0.4 is 10.6 Å². The first-order valence-corrected chi connectivity index (χ1v) is 12.2. The van der Waals surface area contributed by atoms with Gasteiger partial charge in [-0.1, -0.05) is 74.5 Å². The van der Waals surface area contributed by atoms with E-state index in [1.807, 2.05) is 0 Å². The topological polar surface area (TPSA) is 0 Å². The zero-order valence-corrected chi connectivity index (χ0v) is 16.2. The molecule has 116 valence electrons. The number of thioether (sulfide) groups is 1. The van der Waals surface area contributed by atoms with E-state index in [0.717, 1.165) is 0 Å². The van der Waals surface area contributed by atoms with Gasteiger partial charge in [0.05, 0.1) is 4.32 Å². The normalized spacial score (nSPS) is 28.7. The van der Waals surface area contributed by atoms with Crippen LogP contribution in [-0.4, -0.2) is 14.8 Å². The first kappa shape index (κ1) is 16.6. The fourth-order valence-electron chi connectivity index (χ4n) is 2.80. The molecule has 0 spiro atoms. The SMILES string of the molecule is C[C@@H]1C[C@H](C)S[C@@H](P(c2ccccc2)c2ccccc2)S1=S. The van der Waals surface area contributed by atoms with Crippen LogP contribution in [0.4, 0.5) is 0 Å². The van der Waals surface area contributed by atoms with Gasteiger partial charge in [-0.05, 0) is 36.1 Å². The second-order valence-electron chi connectivity index (χ2n) is 5.67. The van der Waals surface area contributed by atoms with Crippen molar-refractivity contribution in [3.8, 4) is 0 Å². The Bertz CT molecular complexity index is 590. The summed E-state index contributed by atoms with van der Waals surface area (Å²) in [7, 11) is -0.340. The van der Waals surface area contributed by atoms with Gasteiger partial charge in [0.25, 0.3) is 0 Å². The van der Waals surface area contributed by atoms with E-state index in [9.17, 15) is 0 Å². The van der Waals surface area contributed by atoms with Crippen LogP contribution in [0.15, 0.2) is 60.7 Å². The monoisotopic (exact) mass is 364 g/mol. The lowest BCUT2D eigenvalue weighted by atomic mass is 10.3. The van der Waals surface area contributed by atoms with Crippen LogP contribution in [0.1, 0.15) is 20.3 Å². The van der Waals surface area contributed by atoms with Gasteiger partial charge in [0.15, 0.2) is 0 Å². The molecule has 2 aromatic carbocycles. The third-order valence-corrected chi connectivity index (χ3v) is 13.9. The van der Waals surface area contributed by atoms with E-state index in [-0.39, 0.29) is 9.45 Å². The number of hydrogen-bond acceptors (Lipinski definition) is 2. The van der Waals surface area contributed by atoms with Gasteiger partial charge < -0.3 is 0 Å². The molecule has 0 N–H and O–H groups in total. The Morgan fingerprint density at radius 3 is 1.95 bits per heavy atom. The molecule has 4 atom stereocenters. The predicted octanol–water partition coefficient (Wildman–Crippen LogP) is 4.40. The van der Waals surface area contributed by atoms with Gasteiger partial charge in [0.1, 0.15) is 0 Å². The van der Waals surface area contributed by atoms with Crippen LogP contribution in [0, 0.1) is 0 Å². The van der Waals surface area contributed by atoms with Crippen LogP contribution in [0.5, 0.6) is 0 Å². The predicted molar refractivity (Wildman–Crippen MR) is 109 cm³/mol. The summed E-state index contributed by atoms with van der Waals surface area (Å²) < 4.78 is 0.563. The van der Waals surface area contributed by atoms with Crippen molar-refractivity contribution in [3.63, 3.8) is 0 Å². The zero-order chi connectivity index (χ0) is 15.5. The van der Waals surface area contributed by atoms with Gasteiger partial charge in [-0.2, -0.15) is 0 Å². The summed E-state index contributed by atoms with van der Waals surface area (Å²) in [6.07, 6.45) is 1.26. The van der Waals surface area contributed by atoms with E-state index in [2.05, 4.69) is 86.3 Å². The summed E-state index contributed by atoms with van der Waals surface area (Å²) in [5, 5.41) is 4.30. The van der Waals surface area contributed by atoms with Crippen molar-refractivity contribution in [2.45, 2.75) is 35.1 Å². The largest absolute Gasteiger partial charge is 0.139 e. The summed E-state index contributed by atoms with van der Waals surface area (Å²) in [6.45, 7) is 4.71. The van der Waals surface area contributed by atoms with E-state index in [0.29, 0.717) is 14.8 Å². The lowest BCUT2D eigenvalue weighted by molar-refractivity contribution is 0.795. The molecule has 0 radical (unpaired) electrons. The van der Waals surface area contributed by atoms with Gasteiger partial charge in [0.2, 0.25) is 0 Å². The third-order valence-electron chi connectivity index (χ3n) is 3.89. The van der Waals surface area contributed by atoms with E-state index < -0.39 is 7.92 Å². The highest BCUT2D eigenvalue weighted by Gasteiger charge is 2.35. The van der Waals surface area contributed by atoms with Crippen LogP contribution in [0.3, 0.4) is 0 Å². The molecule has 4 heteroatoms. The highest BCUT2D eigenvalue weighted by molar-refractivity contribution is 8.39. The lowest BCUT2D eigenvalue weighted by Gasteiger charge is -2.38. The minimum absolute atomic E-state index is 0.0506. The average Bonchev–Trinajstić information content (AvgIpc) is 2.54. The van der Waals surface area contributed by atoms with E-state index in [4.69, 9.17) is 11.2 Å². The highest BCUT2D eigenvalue weighted by Crippen LogP contribution is 2.52. The molecule has 1 aliphatic rings. The zero-order valence-electron chi connectivity index (χ0n) is 12.9. The maximum atomic E-state index is 5.99. The second-order valence-corrected chi connectivity index (χ2v) is 13.6. The van der Waals surface area contributed by atoms with Crippen LogP contribution >= 0.6 is 19.7 Å². The molecule has 22 heavy (non-hydrogen) atoms. The van der Waals surface area contributed by atoms with Crippen molar-refractivity contribution < 1.29 is 0 Å². The molecule has 0 bridgehead atoms. The third kappa shape index (κ3) is 3.64. The Morgan fingerprint density at radius 1 is 0.955 bits per heavy atom. The Hall–Kier alpha value is -0.210. The standard InChI is InChI=1S/C18H21PS3/c1-14-13-15(2)22(20)18(21-14)19(16-9-5-3-6-10-16)17-11-7-4-8-12-17/h3-12,14-15,18H,13H2,1-2H3/t14-,15+,18+,22?/m0/s1. The van der Waals surface area contributed by atoms with Crippen LogP contribution in [-0.2, 0) is 20.6 Å². The first-order valence-electron chi connectivity index (χ1n) is 7.61. The highest BCUT2D eigenvalue weighted by atomic mass is 32.8. The maximum absolute atomic E-state index is 5.99. The number of hydrogen-bond donors (Lipinski definition) is 0. The molecular formula is C18H21PS3. The van der Waals surface area contributed by atoms with Crippen molar-refractivity contribution in [2.75, 3.05) is 0 Å². The minimum atomic E-state index is -0.390. The van der Waals surface area contributed by atoms with Gasteiger partial charge in [-0.25, -0.2) is 0 Å². The molecular weight excluding hydrogens is 343 g/mol. The second kappa shape index (κ2) is 7.57. The molecule has 3 rings (SSSR count). The van der Waals surface area contributed by atoms with Gasteiger partial charge in [-0.3, -0.25) is 0 Å². The number of benzene rings is 2. The fraction of sp³-hybridized carbons (Fsp3) is 0.333. The van der Waals surface area contributed by atoms with Crippen molar-refractivity contribution >= 4 is 50.9 Å². The summed E-state index contributed by atoms with van der Waals surface area (Å²) in [5.74, 6) is 0. The van der Waals surface area contributed by atoms with Crippen molar-refractivity contribution in [1.82, 2.24) is 0 Å². The maximum Gasteiger partial charge on any atom is 0.0829 e.